The molecule has 0 saturated carbocycles. The molecule has 6 nitrogen and oxygen atoms in total. The number of nitrogens with one attached hydrogen (secondary N) is 2. The van der Waals surface area contributed by atoms with Gasteiger partial charge >= 0.3 is 0 Å². The van der Waals surface area contributed by atoms with Crippen molar-refractivity contribution in [3.8, 4) is 11.5 Å². The molecule has 1 saturated heterocycles. The Bertz CT molecular complexity index is 669. The minimum atomic E-state index is 0.232. The maximum atomic E-state index is 5.91. The van der Waals surface area contributed by atoms with E-state index in [-0.39, 0.29) is 6.10 Å². The molecule has 1 aromatic carbocycles. The number of rotatable bonds is 7. The maximum absolute atomic E-state index is 5.91. The summed E-state index contributed by atoms with van der Waals surface area (Å²) < 4.78 is 11.5. The van der Waals surface area contributed by atoms with E-state index in [2.05, 4.69) is 48.4 Å². The highest BCUT2D eigenvalue weighted by molar-refractivity contribution is 5.80. The van der Waals surface area contributed by atoms with Gasteiger partial charge in [-0.2, -0.15) is 0 Å². The van der Waals surface area contributed by atoms with Gasteiger partial charge in [-0.15, -0.1) is 0 Å². The minimum Gasteiger partial charge on any atom is -0.496 e. The maximum Gasteiger partial charge on any atom is 0.191 e. The summed E-state index contributed by atoms with van der Waals surface area (Å²) in [5, 5.41) is 7.01. The summed E-state index contributed by atoms with van der Waals surface area (Å²) in [5.74, 6) is 2.75. The molecule has 1 fully saturated rings. The van der Waals surface area contributed by atoms with E-state index in [9.17, 15) is 0 Å². The van der Waals surface area contributed by atoms with Crippen LogP contribution in [0.5, 0.6) is 11.5 Å². The van der Waals surface area contributed by atoms with Gasteiger partial charge in [0.15, 0.2) is 5.96 Å². The molecular formula is C22H36N4O2. The van der Waals surface area contributed by atoms with E-state index in [1.165, 1.54) is 31.6 Å². The number of aliphatic imine (C=N–C) groups is 1. The van der Waals surface area contributed by atoms with Gasteiger partial charge in [-0.1, -0.05) is 6.92 Å². The van der Waals surface area contributed by atoms with Crippen molar-refractivity contribution in [1.82, 2.24) is 15.5 Å². The zero-order valence-corrected chi connectivity index (χ0v) is 17.9. The molecule has 28 heavy (non-hydrogen) atoms. The standard InChI is InChI=1S/C22H36N4O2/c1-5-9-26-10-7-19(8-11-26)25-22(23-6-2)24-15-18-14-21-17(12-16(3)28-21)13-20(18)27-4/h13-14,16,19H,5-12,15H2,1-4H3,(H2,23,24,25). The van der Waals surface area contributed by atoms with E-state index >= 15 is 0 Å². The molecule has 0 aliphatic carbocycles. The molecule has 1 aromatic rings. The van der Waals surface area contributed by atoms with Gasteiger partial charge < -0.3 is 25.0 Å². The lowest BCUT2D eigenvalue weighted by Crippen LogP contribution is -2.48. The molecule has 6 heteroatoms. The van der Waals surface area contributed by atoms with Crippen LogP contribution in [0.1, 0.15) is 51.2 Å². The first-order chi connectivity index (χ1) is 13.6. The second-order valence-electron chi connectivity index (χ2n) is 7.86. The van der Waals surface area contributed by atoms with Crippen molar-refractivity contribution in [2.45, 2.75) is 65.1 Å². The highest BCUT2D eigenvalue weighted by atomic mass is 16.5. The Kier molecular flexibility index (Phi) is 7.43. The zero-order chi connectivity index (χ0) is 19.9. The van der Waals surface area contributed by atoms with E-state index in [0.717, 1.165) is 48.8 Å². The van der Waals surface area contributed by atoms with Crippen molar-refractivity contribution in [1.29, 1.82) is 0 Å². The van der Waals surface area contributed by atoms with Crippen LogP contribution >= 0.6 is 0 Å². The van der Waals surface area contributed by atoms with Gasteiger partial charge in [0.2, 0.25) is 0 Å². The fourth-order valence-corrected chi connectivity index (χ4v) is 4.09. The molecule has 2 N–H and O–H groups in total. The predicted molar refractivity (Wildman–Crippen MR) is 114 cm³/mol. The summed E-state index contributed by atoms with van der Waals surface area (Å²) in [6.45, 7) is 11.4. The van der Waals surface area contributed by atoms with Crippen molar-refractivity contribution in [3.05, 3.63) is 23.3 Å². The van der Waals surface area contributed by atoms with Gasteiger partial charge in [0.05, 0.1) is 13.7 Å². The van der Waals surface area contributed by atoms with Crippen LogP contribution in [0.15, 0.2) is 17.1 Å². The highest BCUT2D eigenvalue weighted by Gasteiger charge is 2.22. The number of likely N-dealkylation sites (tertiary alicyclic amines) is 1. The Balaban J connectivity index is 1.64. The van der Waals surface area contributed by atoms with E-state index in [1.807, 2.05) is 0 Å². The van der Waals surface area contributed by atoms with Gasteiger partial charge in [0, 0.05) is 43.2 Å². The summed E-state index contributed by atoms with van der Waals surface area (Å²) in [4.78, 5) is 7.39. The fourth-order valence-electron chi connectivity index (χ4n) is 4.09. The van der Waals surface area contributed by atoms with Crippen LogP contribution in [0.4, 0.5) is 0 Å². The second kappa shape index (κ2) is 10.0. The Hall–Kier alpha value is -1.95. The van der Waals surface area contributed by atoms with Crippen LogP contribution in [0.25, 0.3) is 0 Å². The number of benzene rings is 1. The van der Waals surface area contributed by atoms with E-state index < -0.39 is 0 Å². The third kappa shape index (κ3) is 5.31. The summed E-state index contributed by atoms with van der Waals surface area (Å²) in [5.41, 5.74) is 2.28. The number of fused-ring (bicyclic) bond motifs is 1. The topological polar surface area (TPSA) is 58.1 Å². The van der Waals surface area contributed by atoms with Crippen molar-refractivity contribution < 1.29 is 9.47 Å². The van der Waals surface area contributed by atoms with Crippen molar-refractivity contribution >= 4 is 5.96 Å². The molecular weight excluding hydrogens is 352 g/mol. The first-order valence-corrected chi connectivity index (χ1v) is 10.8. The molecule has 0 radical (unpaired) electrons. The lowest BCUT2D eigenvalue weighted by atomic mass is 10.1. The molecule has 156 valence electrons. The molecule has 0 amide bonds. The zero-order valence-electron chi connectivity index (χ0n) is 17.9. The van der Waals surface area contributed by atoms with Gasteiger partial charge in [-0.05, 0) is 51.8 Å². The van der Waals surface area contributed by atoms with Crippen LogP contribution < -0.4 is 20.1 Å². The van der Waals surface area contributed by atoms with E-state index in [4.69, 9.17) is 14.5 Å². The monoisotopic (exact) mass is 388 g/mol. The minimum absolute atomic E-state index is 0.232. The second-order valence-corrected chi connectivity index (χ2v) is 7.86. The molecule has 1 unspecified atom stereocenters. The third-order valence-electron chi connectivity index (χ3n) is 5.52. The number of methoxy groups -OCH3 is 1. The van der Waals surface area contributed by atoms with E-state index in [0.29, 0.717) is 12.6 Å². The first-order valence-electron chi connectivity index (χ1n) is 10.8. The van der Waals surface area contributed by atoms with Crippen LogP contribution in [0, 0.1) is 0 Å². The Morgan fingerprint density at radius 2 is 2.07 bits per heavy atom. The highest BCUT2D eigenvalue weighted by Crippen LogP contribution is 2.35. The molecule has 3 rings (SSSR count). The van der Waals surface area contributed by atoms with Gasteiger partial charge in [0.25, 0.3) is 0 Å². The predicted octanol–water partition coefficient (Wildman–Crippen LogP) is 2.95. The van der Waals surface area contributed by atoms with Gasteiger partial charge in [-0.25, -0.2) is 4.99 Å². The van der Waals surface area contributed by atoms with Crippen molar-refractivity contribution in [3.63, 3.8) is 0 Å². The largest absolute Gasteiger partial charge is 0.496 e. The molecule has 2 heterocycles. The number of guanidine groups is 1. The average Bonchev–Trinajstić information content (AvgIpc) is 3.06. The number of hydrogen-bond acceptors (Lipinski definition) is 4. The van der Waals surface area contributed by atoms with E-state index in [1.54, 1.807) is 7.11 Å². The quantitative estimate of drug-likeness (QED) is 0.556. The summed E-state index contributed by atoms with van der Waals surface area (Å²) in [6, 6.07) is 4.68. The number of nitrogens with zero attached hydrogens (tertiary/aromatic N) is 2. The van der Waals surface area contributed by atoms with Crippen LogP contribution in [-0.4, -0.2) is 56.3 Å². The first kappa shape index (κ1) is 20.8. The molecule has 1 atom stereocenters. The number of piperidine rings is 1. The lowest BCUT2D eigenvalue weighted by molar-refractivity contribution is 0.206. The Labute approximate surface area is 169 Å². The van der Waals surface area contributed by atoms with Crippen LogP contribution in [0.3, 0.4) is 0 Å². The number of ether oxygens (including phenoxy) is 2. The van der Waals surface area contributed by atoms with Crippen LogP contribution in [-0.2, 0) is 13.0 Å². The lowest BCUT2D eigenvalue weighted by Gasteiger charge is -2.32. The smallest absolute Gasteiger partial charge is 0.191 e. The van der Waals surface area contributed by atoms with Crippen molar-refractivity contribution in [2.75, 3.05) is 33.3 Å². The van der Waals surface area contributed by atoms with Gasteiger partial charge in [0.1, 0.15) is 17.6 Å². The normalized spacial score (nSPS) is 20.6. The SMILES string of the molecule is CCCN1CCC(NC(=NCc2cc3c(cc2OC)CC(C)O3)NCC)CC1. The molecule has 0 bridgehead atoms. The molecule has 2 aliphatic rings. The fraction of sp³-hybridized carbons (Fsp3) is 0.682. The third-order valence-corrected chi connectivity index (χ3v) is 5.52. The summed E-state index contributed by atoms with van der Waals surface area (Å²) in [6.07, 6.45) is 4.73. The van der Waals surface area contributed by atoms with Crippen molar-refractivity contribution in [2.24, 2.45) is 4.99 Å². The molecule has 0 aromatic heterocycles. The molecule has 0 spiro atoms. The average molecular weight is 389 g/mol. The Morgan fingerprint density at radius 1 is 1.29 bits per heavy atom. The van der Waals surface area contributed by atoms with Crippen LogP contribution in [0.2, 0.25) is 0 Å². The summed E-state index contributed by atoms with van der Waals surface area (Å²) >= 11 is 0. The van der Waals surface area contributed by atoms with Gasteiger partial charge in [-0.3, -0.25) is 0 Å². The summed E-state index contributed by atoms with van der Waals surface area (Å²) in [7, 11) is 1.72. The molecule has 2 aliphatic heterocycles. The Morgan fingerprint density at radius 3 is 2.75 bits per heavy atom. The number of hydrogen-bond donors (Lipinski definition) is 2.